The number of rotatable bonds is 3. The van der Waals surface area contributed by atoms with Gasteiger partial charge in [0.05, 0.1) is 6.61 Å². The lowest BCUT2D eigenvalue weighted by Gasteiger charge is -2.30. The molecule has 106 valence electrons. The maximum absolute atomic E-state index is 9.45. The molecule has 0 spiro atoms. The smallest absolute Gasteiger partial charge is 0.127 e. The van der Waals surface area contributed by atoms with Crippen LogP contribution >= 0.6 is 0 Å². The monoisotopic (exact) mass is 263 g/mol. The minimum atomic E-state index is -0.162. The molecule has 0 amide bonds. The molecule has 0 radical (unpaired) electrons. The third kappa shape index (κ3) is 3.74. The third-order valence-corrected chi connectivity index (χ3v) is 2.66. The number of aromatic nitrogens is 1. The summed E-state index contributed by atoms with van der Waals surface area (Å²) in [7, 11) is 1.65. The Morgan fingerprint density at radius 2 is 1.84 bits per heavy atom. The summed E-state index contributed by atoms with van der Waals surface area (Å²) in [6.07, 6.45) is 0. The van der Waals surface area contributed by atoms with Crippen LogP contribution in [0.25, 0.3) is 0 Å². The van der Waals surface area contributed by atoms with Crippen molar-refractivity contribution in [3.63, 3.8) is 0 Å². The van der Waals surface area contributed by atoms with Crippen molar-refractivity contribution in [2.75, 3.05) is 12.4 Å². The Bertz CT molecular complexity index is 481. The second-order valence-corrected chi connectivity index (χ2v) is 6.83. The van der Waals surface area contributed by atoms with Gasteiger partial charge in [-0.2, -0.15) is 5.26 Å². The molecule has 0 aromatic carbocycles. The Hall–Kier alpha value is -1.47. The lowest BCUT2D eigenvalue weighted by molar-refractivity contribution is 0.184. The van der Waals surface area contributed by atoms with Gasteiger partial charge >= 0.3 is 0 Å². The number of nitrogens with zero attached hydrogens (tertiary/aromatic N) is 2. The number of hydrogen-bond donors (Lipinski definition) is 1. The first-order valence-corrected chi connectivity index (χ1v) is 6.52. The van der Waals surface area contributed by atoms with Crippen molar-refractivity contribution in [3.05, 3.63) is 17.3 Å². The van der Waals surface area contributed by atoms with Crippen LogP contribution in [0.1, 0.15) is 52.8 Å². The van der Waals surface area contributed by atoms with Crippen LogP contribution in [0.5, 0.6) is 0 Å². The van der Waals surface area contributed by atoms with Crippen LogP contribution in [0.2, 0.25) is 0 Å². The highest BCUT2D eigenvalue weighted by Crippen LogP contribution is 2.30. The first-order valence-electron chi connectivity index (χ1n) is 6.52. The quantitative estimate of drug-likeness (QED) is 0.908. The molecule has 1 aromatic rings. The SMILES string of the molecule is COCc1cc(NC(C)(C)C)n(C(C)(C)C)c1C#N. The van der Waals surface area contributed by atoms with E-state index >= 15 is 0 Å². The number of nitrogens with one attached hydrogen (secondary N) is 1. The molecule has 0 aliphatic carbocycles. The second-order valence-electron chi connectivity index (χ2n) is 6.83. The molecule has 1 heterocycles. The zero-order chi connectivity index (χ0) is 14.8. The van der Waals surface area contributed by atoms with Gasteiger partial charge in [0.25, 0.3) is 0 Å². The maximum Gasteiger partial charge on any atom is 0.127 e. The molecule has 19 heavy (non-hydrogen) atoms. The first-order chi connectivity index (χ1) is 8.60. The van der Waals surface area contributed by atoms with Gasteiger partial charge < -0.3 is 14.6 Å². The van der Waals surface area contributed by atoms with Crippen LogP contribution in [0.15, 0.2) is 6.07 Å². The summed E-state index contributed by atoms with van der Waals surface area (Å²) in [5, 5.41) is 12.9. The van der Waals surface area contributed by atoms with Gasteiger partial charge in [0.15, 0.2) is 0 Å². The Kier molecular flexibility index (Phi) is 4.32. The Morgan fingerprint density at radius 3 is 2.21 bits per heavy atom. The Labute approximate surface area is 116 Å². The Balaban J connectivity index is 3.41. The molecule has 0 fully saturated rings. The molecule has 1 N–H and O–H groups in total. The highest BCUT2D eigenvalue weighted by atomic mass is 16.5. The summed E-state index contributed by atoms with van der Waals surface area (Å²) >= 11 is 0. The van der Waals surface area contributed by atoms with Crippen molar-refractivity contribution in [1.82, 2.24) is 4.57 Å². The van der Waals surface area contributed by atoms with Gasteiger partial charge in [-0.15, -0.1) is 0 Å². The number of ether oxygens (including phenoxy) is 1. The van der Waals surface area contributed by atoms with E-state index in [0.29, 0.717) is 12.3 Å². The van der Waals surface area contributed by atoms with Crippen LogP contribution in [0.4, 0.5) is 5.82 Å². The summed E-state index contributed by atoms with van der Waals surface area (Å²) in [5.41, 5.74) is 1.37. The van der Waals surface area contributed by atoms with Crippen LogP contribution in [-0.2, 0) is 16.9 Å². The fraction of sp³-hybridized carbons (Fsp3) is 0.667. The van der Waals surface area contributed by atoms with Gasteiger partial charge in [0.2, 0.25) is 0 Å². The van der Waals surface area contributed by atoms with Crippen molar-refractivity contribution in [2.24, 2.45) is 0 Å². The van der Waals surface area contributed by atoms with E-state index in [4.69, 9.17) is 4.74 Å². The fourth-order valence-electron chi connectivity index (χ4n) is 2.12. The van der Waals surface area contributed by atoms with E-state index in [1.807, 2.05) is 10.6 Å². The molecule has 4 nitrogen and oxygen atoms in total. The number of hydrogen-bond acceptors (Lipinski definition) is 3. The number of nitriles is 1. The summed E-state index contributed by atoms with van der Waals surface area (Å²) in [6, 6.07) is 4.32. The lowest BCUT2D eigenvalue weighted by atomic mass is 10.1. The molecule has 0 aliphatic heterocycles. The summed E-state index contributed by atoms with van der Waals surface area (Å²) in [6.45, 7) is 13.1. The minimum absolute atomic E-state index is 0.0571. The van der Waals surface area contributed by atoms with Crippen molar-refractivity contribution in [2.45, 2.75) is 59.2 Å². The fourth-order valence-corrected chi connectivity index (χ4v) is 2.12. The van der Waals surface area contributed by atoms with Gasteiger partial charge in [-0.1, -0.05) is 0 Å². The van der Waals surface area contributed by atoms with Crippen molar-refractivity contribution in [1.29, 1.82) is 5.26 Å². The predicted octanol–water partition coefficient (Wildman–Crippen LogP) is 3.47. The zero-order valence-corrected chi connectivity index (χ0v) is 13.1. The maximum atomic E-state index is 9.45. The summed E-state index contributed by atoms with van der Waals surface area (Å²) < 4.78 is 7.24. The number of methoxy groups -OCH3 is 1. The molecule has 4 heteroatoms. The third-order valence-electron chi connectivity index (χ3n) is 2.66. The van der Waals surface area contributed by atoms with Gasteiger partial charge in [0, 0.05) is 23.8 Å². The van der Waals surface area contributed by atoms with E-state index in [1.54, 1.807) is 7.11 Å². The van der Waals surface area contributed by atoms with Crippen LogP contribution < -0.4 is 5.32 Å². The largest absolute Gasteiger partial charge is 0.380 e. The molecular formula is C15H25N3O. The standard InChI is InChI=1S/C15H25N3O/c1-14(2,3)17-13-8-11(10-19-7)12(9-16)18(13)15(4,5)6/h8,17H,10H2,1-7H3. The van der Waals surface area contributed by atoms with Gasteiger partial charge in [-0.3, -0.25) is 0 Å². The summed E-state index contributed by atoms with van der Waals surface area (Å²) in [4.78, 5) is 0. The summed E-state index contributed by atoms with van der Waals surface area (Å²) in [5.74, 6) is 0.962. The normalized spacial score (nSPS) is 12.3. The molecule has 0 unspecified atom stereocenters. The van der Waals surface area contributed by atoms with E-state index < -0.39 is 0 Å². The molecule has 0 saturated carbocycles. The molecular weight excluding hydrogens is 238 g/mol. The van der Waals surface area contributed by atoms with Crippen molar-refractivity contribution in [3.8, 4) is 6.07 Å². The predicted molar refractivity (Wildman–Crippen MR) is 78.2 cm³/mol. The van der Waals surface area contributed by atoms with Gasteiger partial charge in [-0.05, 0) is 47.6 Å². The van der Waals surface area contributed by atoms with Crippen LogP contribution in [-0.4, -0.2) is 17.2 Å². The van der Waals surface area contributed by atoms with Crippen LogP contribution in [0.3, 0.4) is 0 Å². The van der Waals surface area contributed by atoms with E-state index in [1.165, 1.54) is 0 Å². The first kappa shape index (κ1) is 15.6. The van der Waals surface area contributed by atoms with Gasteiger partial charge in [0.1, 0.15) is 17.6 Å². The topological polar surface area (TPSA) is 50.0 Å². The van der Waals surface area contributed by atoms with E-state index in [2.05, 4.69) is 52.9 Å². The lowest BCUT2D eigenvalue weighted by Crippen LogP contribution is -2.31. The molecule has 1 aromatic heterocycles. The van der Waals surface area contributed by atoms with E-state index in [9.17, 15) is 5.26 Å². The zero-order valence-electron chi connectivity index (χ0n) is 13.1. The molecule has 1 rings (SSSR count). The highest BCUT2D eigenvalue weighted by Gasteiger charge is 2.25. The molecule has 0 saturated heterocycles. The Morgan fingerprint density at radius 1 is 1.26 bits per heavy atom. The van der Waals surface area contributed by atoms with Crippen molar-refractivity contribution < 1.29 is 4.74 Å². The highest BCUT2D eigenvalue weighted by molar-refractivity contribution is 5.51. The second kappa shape index (κ2) is 5.26. The van der Waals surface area contributed by atoms with E-state index in [0.717, 1.165) is 11.4 Å². The van der Waals surface area contributed by atoms with E-state index in [-0.39, 0.29) is 11.1 Å². The molecule has 0 aliphatic rings. The molecule has 0 bridgehead atoms. The van der Waals surface area contributed by atoms with Crippen LogP contribution in [0, 0.1) is 11.3 Å². The van der Waals surface area contributed by atoms with Crippen molar-refractivity contribution >= 4 is 5.82 Å². The average molecular weight is 263 g/mol. The average Bonchev–Trinajstić information content (AvgIpc) is 2.53. The minimum Gasteiger partial charge on any atom is -0.380 e. The number of anilines is 1. The molecule has 0 atom stereocenters. The van der Waals surface area contributed by atoms with Gasteiger partial charge in [-0.25, -0.2) is 0 Å².